The van der Waals surface area contributed by atoms with Crippen LogP contribution in [0.1, 0.15) is 10.4 Å². The molecule has 0 atom stereocenters. The fourth-order valence-corrected chi connectivity index (χ4v) is 3.14. The molecule has 0 unspecified atom stereocenters. The second kappa shape index (κ2) is 7.60. The average molecular weight is 372 g/mol. The highest BCUT2D eigenvalue weighted by molar-refractivity contribution is 6.41. The van der Waals surface area contributed by atoms with E-state index in [-0.39, 0.29) is 5.91 Å². The van der Waals surface area contributed by atoms with Crippen LogP contribution in [0.15, 0.2) is 72.8 Å². The first kappa shape index (κ1) is 17.3. The number of methoxy groups -OCH3 is 1. The maximum atomic E-state index is 13.2. The molecule has 1 amide bonds. The summed E-state index contributed by atoms with van der Waals surface area (Å²) in [5.74, 6) is 0.305. The maximum Gasteiger partial charge on any atom is 0.262 e. The molecule has 0 N–H and O–H groups in total. The van der Waals surface area contributed by atoms with E-state index >= 15 is 0 Å². The van der Waals surface area contributed by atoms with E-state index < -0.39 is 0 Å². The maximum absolute atomic E-state index is 13.2. The lowest BCUT2D eigenvalue weighted by Gasteiger charge is -2.25. The molecular weight excluding hydrogens is 357 g/mol. The standard InChI is InChI=1S/C20H15Cl2NO2/c1-25-16-12-17(21)19(18(22)13-16)23(15-10-6-3-7-11-15)20(24)14-8-4-2-5-9-14/h2-13H,1H3. The van der Waals surface area contributed by atoms with Crippen LogP contribution in [0, 0.1) is 0 Å². The zero-order valence-electron chi connectivity index (χ0n) is 13.4. The van der Waals surface area contributed by atoms with Gasteiger partial charge >= 0.3 is 0 Å². The third-order valence-corrected chi connectivity index (χ3v) is 4.26. The summed E-state index contributed by atoms with van der Waals surface area (Å²) in [5, 5.41) is 0.662. The SMILES string of the molecule is COc1cc(Cl)c(N(C(=O)c2ccccc2)c2ccccc2)c(Cl)c1. The first-order valence-corrected chi connectivity index (χ1v) is 8.35. The molecule has 0 heterocycles. The van der Waals surface area contributed by atoms with Gasteiger partial charge in [-0.15, -0.1) is 0 Å². The summed E-state index contributed by atoms with van der Waals surface area (Å²) in [6, 6.07) is 21.5. The number of rotatable bonds is 4. The zero-order chi connectivity index (χ0) is 17.8. The highest BCUT2D eigenvalue weighted by atomic mass is 35.5. The fraction of sp³-hybridized carbons (Fsp3) is 0.0500. The highest BCUT2D eigenvalue weighted by Gasteiger charge is 2.25. The van der Waals surface area contributed by atoms with Crippen LogP contribution >= 0.6 is 23.2 Å². The summed E-state index contributed by atoms with van der Waals surface area (Å²) in [6.07, 6.45) is 0. The Morgan fingerprint density at radius 2 is 1.40 bits per heavy atom. The molecule has 3 aromatic rings. The Labute approximate surface area is 156 Å². The molecule has 0 radical (unpaired) electrons. The molecule has 5 heteroatoms. The molecule has 0 aliphatic heterocycles. The number of carbonyl (C=O) groups excluding carboxylic acids is 1. The molecule has 0 spiro atoms. The largest absolute Gasteiger partial charge is 0.497 e. The number of amides is 1. The normalized spacial score (nSPS) is 10.4. The third-order valence-electron chi connectivity index (χ3n) is 3.69. The minimum absolute atomic E-state index is 0.222. The van der Waals surface area contributed by atoms with E-state index in [1.807, 2.05) is 48.5 Å². The van der Waals surface area contributed by atoms with Crippen molar-refractivity contribution in [2.45, 2.75) is 0 Å². The number of benzene rings is 3. The van der Waals surface area contributed by atoms with Gasteiger partial charge in [0, 0.05) is 23.4 Å². The Morgan fingerprint density at radius 3 is 1.92 bits per heavy atom. The third kappa shape index (κ3) is 3.63. The summed E-state index contributed by atoms with van der Waals surface area (Å²) in [5.41, 5.74) is 1.63. The molecule has 0 bridgehead atoms. The van der Waals surface area contributed by atoms with Gasteiger partial charge < -0.3 is 4.74 Å². The number of halogens is 2. The van der Waals surface area contributed by atoms with Crippen LogP contribution in [0.4, 0.5) is 11.4 Å². The minimum Gasteiger partial charge on any atom is -0.497 e. The van der Waals surface area contributed by atoms with Gasteiger partial charge in [-0.1, -0.05) is 59.6 Å². The van der Waals surface area contributed by atoms with Crippen LogP contribution in [0.3, 0.4) is 0 Å². The van der Waals surface area contributed by atoms with Gasteiger partial charge in [-0.3, -0.25) is 9.69 Å². The summed E-state index contributed by atoms with van der Waals surface area (Å²) in [4.78, 5) is 14.7. The first-order chi connectivity index (χ1) is 12.1. The van der Waals surface area contributed by atoms with Gasteiger partial charge in [0.15, 0.2) is 0 Å². The van der Waals surface area contributed by atoms with Crippen molar-refractivity contribution in [2.24, 2.45) is 0 Å². The number of para-hydroxylation sites is 1. The molecule has 0 aliphatic rings. The van der Waals surface area contributed by atoms with Crippen LogP contribution in [0.25, 0.3) is 0 Å². The van der Waals surface area contributed by atoms with E-state index in [0.717, 1.165) is 0 Å². The predicted octanol–water partition coefficient (Wildman–Crippen LogP) is 5.98. The predicted molar refractivity (Wildman–Crippen MR) is 102 cm³/mol. The van der Waals surface area contributed by atoms with Crippen molar-refractivity contribution in [3.8, 4) is 5.75 Å². The smallest absolute Gasteiger partial charge is 0.262 e. The van der Waals surface area contributed by atoms with Crippen LogP contribution in [-0.4, -0.2) is 13.0 Å². The van der Waals surface area contributed by atoms with Crippen LogP contribution in [-0.2, 0) is 0 Å². The van der Waals surface area contributed by atoms with Crippen LogP contribution in [0.2, 0.25) is 10.0 Å². The van der Waals surface area contributed by atoms with Gasteiger partial charge in [0.05, 0.1) is 22.8 Å². The van der Waals surface area contributed by atoms with Gasteiger partial charge in [-0.2, -0.15) is 0 Å². The number of ether oxygens (including phenoxy) is 1. The molecule has 0 saturated heterocycles. The average Bonchev–Trinajstić information content (AvgIpc) is 2.65. The topological polar surface area (TPSA) is 29.5 Å². The first-order valence-electron chi connectivity index (χ1n) is 7.59. The zero-order valence-corrected chi connectivity index (χ0v) is 15.0. The number of hydrogen-bond donors (Lipinski definition) is 0. The van der Waals surface area contributed by atoms with Gasteiger partial charge in [0.1, 0.15) is 5.75 Å². The minimum atomic E-state index is -0.222. The number of carbonyl (C=O) groups is 1. The number of hydrogen-bond acceptors (Lipinski definition) is 2. The molecular formula is C20H15Cl2NO2. The van der Waals surface area contributed by atoms with E-state index in [2.05, 4.69) is 0 Å². The Morgan fingerprint density at radius 1 is 0.880 bits per heavy atom. The van der Waals surface area contributed by atoms with Crippen molar-refractivity contribution >= 4 is 40.5 Å². The Bertz CT molecular complexity index is 860. The number of nitrogens with zero attached hydrogens (tertiary/aromatic N) is 1. The summed E-state index contributed by atoms with van der Waals surface area (Å²) >= 11 is 12.9. The van der Waals surface area contributed by atoms with Gasteiger partial charge in [0.2, 0.25) is 0 Å². The molecule has 0 fully saturated rings. The summed E-state index contributed by atoms with van der Waals surface area (Å²) in [6.45, 7) is 0. The Hall–Kier alpha value is -2.49. The Balaban J connectivity index is 2.18. The van der Waals surface area contributed by atoms with E-state index in [9.17, 15) is 4.79 Å². The molecule has 3 rings (SSSR count). The molecule has 3 nitrogen and oxygen atoms in total. The van der Waals surface area contributed by atoms with Crippen molar-refractivity contribution in [1.82, 2.24) is 0 Å². The van der Waals surface area contributed by atoms with Crippen molar-refractivity contribution in [1.29, 1.82) is 0 Å². The van der Waals surface area contributed by atoms with Crippen LogP contribution in [0.5, 0.6) is 5.75 Å². The van der Waals surface area contributed by atoms with Gasteiger partial charge in [-0.05, 0) is 24.3 Å². The van der Waals surface area contributed by atoms with E-state index in [1.54, 1.807) is 24.3 Å². The van der Waals surface area contributed by atoms with Gasteiger partial charge in [0.25, 0.3) is 5.91 Å². The second-order valence-corrected chi connectivity index (χ2v) is 6.10. The molecule has 0 aliphatic carbocycles. The quantitative estimate of drug-likeness (QED) is 0.564. The fourth-order valence-electron chi connectivity index (χ4n) is 2.51. The van der Waals surface area contributed by atoms with Crippen molar-refractivity contribution in [3.63, 3.8) is 0 Å². The lowest BCUT2D eigenvalue weighted by atomic mass is 10.1. The molecule has 0 saturated carbocycles. The monoisotopic (exact) mass is 371 g/mol. The molecule has 0 aromatic heterocycles. The van der Waals surface area contributed by atoms with E-state index in [4.69, 9.17) is 27.9 Å². The molecule has 126 valence electrons. The van der Waals surface area contributed by atoms with Crippen LogP contribution < -0.4 is 9.64 Å². The van der Waals surface area contributed by atoms with Crippen molar-refractivity contribution in [2.75, 3.05) is 12.0 Å². The van der Waals surface area contributed by atoms with Crippen molar-refractivity contribution in [3.05, 3.63) is 88.4 Å². The molecule has 25 heavy (non-hydrogen) atoms. The second-order valence-electron chi connectivity index (χ2n) is 5.28. The Kier molecular flexibility index (Phi) is 5.27. The summed E-state index contributed by atoms with van der Waals surface area (Å²) < 4.78 is 5.19. The summed E-state index contributed by atoms with van der Waals surface area (Å²) in [7, 11) is 1.53. The van der Waals surface area contributed by atoms with E-state index in [0.29, 0.717) is 32.7 Å². The number of anilines is 2. The van der Waals surface area contributed by atoms with Gasteiger partial charge in [-0.25, -0.2) is 0 Å². The van der Waals surface area contributed by atoms with E-state index in [1.165, 1.54) is 12.0 Å². The molecule has 3 aromatic carbocycles. The highest BCUT2D eigenvalue weighted by Crippen LogP contribution is 2.41. The lowest BCUT2D eigenvalue weighted by Crippen LogP contribution is -2.26. The van der Waals surface area contributed by atoms with Crippen molar-refractivity contribution < 1.29 is 9.53 Å². The lowest BCUT2D eigenvalue weighted by molar-refractivity contribution is 0.0999.